The van der Waals surface area contributed by atoms with Gasteiger partial charge in [0.2, 0.25) is 0 Å². The number of ether oxygens (including phenoxy) is 1. The van der Waals surface area contributed by atoms with Crippen molar-refractivity contribution in [3.8, 4) is 6.07 Å². The highest BCUT2D eigenvalue weighted by Crippen LogP contribution is 2.25. The Bertz CT molecular complexity index is 808. The number of nitrogens with one attached hydrogen (secondary N) is 1. The molecule has 2 aromatic rings. The lowest BCUT2D eigenvalue weighted by Crippen LogP contribution is -2.33. The van der Waals surface area contributed by atoms with Crippen LogP contribution >= 0.6 is 11.6 Å². The number of rotatable bonds is 5. The van der Waals surface area contributed by atoms with Crippen LogP contribution in [0.15, 0.2) is 42.5 Å². The summed E-state index contributed by atoms with van der Waals surface area (Å²) >= 11 is 6.37. The minimum Gasteiger partial charge on any atom is -0.371 e. The van der Waals surface area contributed by atoms with Crippen molar-refractivity contribution in [2.75, 3.05) is 19.7 Å². The van der Waals surface area contributed by atoms with Crippen LogP contribution in [-0.2, 0) is 22.4 Å². The van der Waals surface area contributed by atoms with Gasteiger partial charge < -0.3 is 10.1 Å². The van der Waals surface area contributed by atoms with Gasteiger partial charge in [-0.05, 0) is 34.9 Å². The van der Waals surface area contributed by atoms with E-state index in [0.29, 0.717) is 23.6 Å². The summed E-state index contributed by atoms with van der Waals surface area (Å²) in [5.41, 5.74) is 3.25. The van der Waals surface area contributed by atoms with E-state index in [1.165, 1.54) is 0 Å². The molecule has 25 heavy (non-hydrogen) atoms. The highest BCUT2D eigenvalue weighted by molar-refractivity contribution is 6.31. The van der Waals surface area contributed by atoms with Gasteiger partial charge in [0.1, 0.15) is 5.78 Å². The van der Waals surface area contributed by atoms with Crippen molar-refractivity contribution in [1.82, 2.24) is 5.32 Å². The Labute approximate surface area is 152 Å². The van der Waals surface area contributed by atoms with Crippen LogP contribution in [0.25, 0.3) is 0 Å². The van der Waals surface area contributed by atoms with Crippen LogP contribution in [0.2, 0.25) is 5.02 Å². The molecule has 5 heteroatoms. The molecule has 1 saturated heterocycles. The maximum atomic E-state index is 12.3. The molecule has 0 aromatic heterocycles. The van der Waals surface area contributed by atoms with Gasteiger partial charge >= 0.3 is 0 Å². The average Bonchev–Trinajstić information content (AvgIpc) is 2.64. The molecule has 0 bridgehead atoms. The Morgan fingerprint density at radius 3 is 2.88 bits per heavy atom. The summed E-state index contributed by atoms with van der Waals surface area (Å²) in [6, 6.07) is 15.0. The van der Waals surface area contributed by atoms with Gasteiger partial charge in [0, 0.05) is 31.0 Å². The monoisotopic (exact) mass is 354 g/mol. The Hall–Kier alpha value is -2.19. The van der Waals surface area contributed by atoms with Gasteiger partial charge in [-0.25, -0.2) is 0 Å². The Morgan fingerprint density at radius 1 is 1.28 bits per heavy atom. The highest BCUT2D eigenvalue weighted by Gasteiger charge is 2.17. The molecule has 1 fully saturated rings. The van der Waals surface area contributed by atoms with Crippen LogP contribution in [0, 0.1) is 11.3 Å². The van der Waals surface area contributed by atoms with E-state index in [1.807, 2.05) is 24.3 Å². The fraction of sp³-hybridized carbons (Fsp3) is 0.300. The van der Waals surface area contributed by atoms with Crippen LogP contribution in [-0.4, -0.2) is 25.5 Å². The smallest absolute Gasteiger partial charge is 0.141 e. The molecule has 1 atom stereocenters. The number of nitrogens with zero attached hydrogens (tertiary/aromatic N) is 1. The zero-order chi connectivity index (χ0) is 17.6. The number of halogens is 1. The minimum atomic E-state index is 0.00437. The lowest BCUT2D eigenvalue weighted by molar-refractivity contribution is -0.117. The van der Waals surface area contributed by atoms with Crippen LogP contribution in [0.4, 0.5) is 0 Å². The molecule has 1 aliphatic heterocycles. The lowest BCUT2D eigenvalue weighted by Gasteiger charge is -2.24. The van der Waals surface area contributed by atoms with Gasteiger partial charge in [0.15, 0.2) is 0 Å². The van der Waals surface area contributed by atoms with Crippen molar-refractivity contribution < 1.29 is 9.53 Å². The molecule has 0 saturated carbocycles. The summed E-state index contributed by atoms with van der Waals surface area (Å²) in [6.07, 6.45) is 0.577. The van der Waals surface area contributed by atoms with Crippen molar-refractivity contribution >= 4 is 17.4 Å². The van der Waals surface area contributed by atoms with E-state index >= 15 is 0 Å². The van der Waals surface area contributed by atoms with Gasteiger partial charge in [-0.3, -0.25) is 4.79 Å². The topological polar surface area (TPSA) is 62.1 Å². The van der Waals surface area contributed by atoms with Crippen LogP contribution < -0.4 is 5.32 Å². The second-order valence-electron chi connectivity index (χ2n) is 6.12. The van der Waals surface area contributed by atoms with Gasteiger partial charge in [0.05, 0.1) is 24.3 Å². The summed E-state index contributed by atoms with van der Waals surface area (Å²) in [5, 5.41) is 12.8. The number of nitriles is 1. The van der Waals surface area contributed by atoms with Crippen LogP contribution in [0.5, 0.6) is 0 Å². The number of Topliss-reactive ketones (excluding diaryl/α,β-unsaturated/α-hetero) is 1. The Balaban J connectivity index is 1.65. The van der Waals surface area contributed by atoms with Gasteiger partial charge in [-0.1, -0.05) is 35.9 Å². The second kappa shape index (κ2) is 8.26. The molecular formula is C20H19ClN2O2. The van der Waals surface area contributed by atoms with Crippen LogP contribution in [0.1, 0.15) is 28.4 Å². The third-order valence-corrected chi connectivity index (χ3v) is 4.57. The number of hydrogen-bond acceptors (Lipinski definition) is 4. The number of carbonyl (C=O) groups is 1. The number of ketones is 1. The maximum absolute atomic E-state index is 12.3. The normalized spacial score (nSPS) is 17.0. The van der Waals surface area contributed by atoms with E-state index in [1.54, 1.807) is 18.2 Å². The van der Waals surface area contributed by atoms with Crippen molar-refractivity contribution in [2.45, 2.75) is 18.9 Å². The minimum absolute atomic E-state index is 0.00437. The zero-order valence-electron chi connectivity index (χ0n) is 13.8. The van der Waals surface area contributed by atoms with Crippen molar-refractivity contribution in [3.63, 3.8) is 0 Å². The molecule has 1 unspecified atom stereocenters. The van der Waals surface area contributed by atoms with E-state index < -0.39 is 0 Å². The largest absolute Gasteiger partial charge is 0.371 e. The number of morpholine rings is 1. The first-order valence-electron chi connectivity index (χ1n) is 8.27. The predicted octanol–water partition coefficient (Wildman–Crippen LogP) is 3.23. The van der Waals surface area contributed by atoms with Crippen molar-refractivity contribution in [3.05, 3.63) is 69.7 Å². The average molecular weight is 355 g/mol. The third-order valence-electron chi connectivity index (χ3n) is 4.22. The lowest BCUT2D eigenvalue weighted by atomic mass is 9.99. The van der Waals surface area contributed by atoms with E-state index in [4.69, 9.17) is 21.6 Å². The zero-order valence-corrected chi connectivity index (χ0v) is 14.6. The van der Waals surface area contributed by atoms with Crippen molar-refractivity contribution in [2.24, 2.45) is 0 Å². The maximum Gasteiger partial charge on any atom is 0.141 e. The summed E-state index contributed by atoms with van der Waals surface area (Å²) in [4.78, 5) is 12.3. The molecule has 0 amide bonds. The summed E-state index contributed by atoms with van der Waals surface area (Å²) in [5.74, 6) is 0.0697. The first-order chi connectivity index (χ1) is 12.2. The second-order valence-corrected chi connectivity index (χ2v) is 6.53. The van der Waals surface area contributed by atoms with Crippen molar-refractivity contribution in [1.29, 1.82) is 5.26 Å². The molecule has 3 rings (SSSR count). The number of benzene rings is 2. The molecule has 0 aliphatic carbocycles. The first-order valence-corrected chi connectivity index (χ1v) is 8.65. The summed E-state index contributed by atoms with van der Waals surface area (Å²) < 4.78 is 5.73. The molecule has 1 N–H and O–H groups in total. The molecule has 128 valence electrons. The molecule has 1 aliphatic rings. The molecule has 1 heterocycles. The summed E-state index contributed by atoms with van der Waals surface area (Å²) in [6.45, 7) is 2.32. The standard InChI is InChI=1S/C20H19ClN2O2/c21-19-11-17(20-13-23-6-7-25-20)5-4-16(19)10-18(24)9-14-2-1-3-15(8-14)12-22/h1-5,8,11,20,23H,6-7,9-10,13H2. The van der Waals surface area contributed by atoms with E-state index in [9.17, 15) is 4.79 Å². The fourth-order valence-corrected chi connectivity index (χ4v) is 3.20. The van der Waals surface area contributed by atoms with Gasteiger partial charge in [-0.15, -0.1) is 0 Å². The van der Waals surface area contributed by atoms with E-state index in [-0.39, 0.29) is 18.3 Å². The molecule has 2 aromatic carbocycles. The number of hydrogen-bond donors (Lipinski definition) is 1. The quantitative estimate of drug-likeness (QED) is 0.895. The van der Waals surface area contributed by atoms with Gasteiger partial charge in [-0.2, -0.15) is 5.26 Å². The Kier molecular flexibility index (Phi) is 5.83. The fourth-order valence-electron chi connectivity index (χ4n) is 2.94. The SMILES string of the molecule is N#Cc1cccc(CC(=O)Cc2ccc(C3CNCCO3)cc2Cl)c1. The molecule has 4 nitrogen and oxygen atoms in total. The van der Waals surface area contributed by atoms with Crippen LogP contribution in [0.3, 0.4) is 0 Å². The predicted molar refractivity (Wildman–Crippen MR) is 96.6 cm³/mol. The number of carbonyl (C=O) groups excluding carboxylic acids is 1. The third kappa shape index (κ3) is 4.67. The summed E-state index contributed by atoms with van der Waals surface area (Å²) in [7, 11) is 0. The Morgan fingerprint density at radius 2 is 2.16 bits per heavy atom. The van der Waals surface area contributed by atoms with E-state index in [2.05, 4.69) is 11.4 Å². The molecule has 0 spiro atoms. The molecule has 0 radical (unpaired) electrons. The van der Waals surface area contributed by atoms with Gasteiger partial charge in [0.25, 0.3) is 0 Å². The van der Waals surface area contributed by atoms with E-state index in [0.717, 1.165) is 29.8 Å². The highest BCUT2D eigenvalue weighted by atomic mass is 35.5. The molecular weight excluding hydrogens is 336 g/mol. The first kappa shape index (κ1) is 17.6.